The Kier molecular flexibility index (Phi) is 5.20. The number of likely N-dealkylation sites (N-methyl/N-ethyl adjacent to an activating group) is 1. The second-order valence-electron chi connectivity index (χ2n) is 5.65. The van der Waals surface area contributed by atoms with Crippen molar-refractivity contribution in [3.63, 3.8) is 0 Å². The summed E-state index contributed by atoms with van der Waals surface area (Å²) in [5.41, 5.74) is 1.18. The average molecular weight is 290 g/mol. The Bertz CT molecular complexity index is 486. The third kappa shape index (κ3) is 5.10. The Balaban J connectivity index is 1.79. The molecule has 1 aliphatic carbocycles. The van der Waals surface area contributed by atoms with Crippen molar-refractivity contribution in [1.29, 1.82) is 0 Å². The molecule has 114 valence electrons. The average Bonchev–Trinajstić information content (AvgIpc) is 3.29. The third-order valence-corrected chi connectivity index (χ3v) is 3.82. The van der Waals surface area contributed by atoms with Crippen LogP contribution in [0, 0.1) is 5.92 Å². The molecule has 0 saturated heterocycles. The summed E-state index contributed by atoms with van der Waals surface area (Å²) >= 11 is 0. The molecular weight excluding hydrogens is 268 g/mol. The molecule has 5 heteroatoms. The highest BCUT2D eigenvalue weighted by Gasteiger charge is 2.34. The topological polar surface area (TPSA) is 69.6 Å². The fourth-order valence-electron chi connectivity index (χ4n) is 2.33. The maximum absolute atomic E-state index is 12.1. The Labute approximate surface area is 125 Å². The fraction of sp³-hybridized carbons (Fsp3) is 0.500. The van der Waals surface area contributed by atoms with Crippen LogP contribution in [-0.2, 0) is 11.2 Å². The minimum Gasteiger partial charge on any atom is -0.481 e. The molecule has 2 amide bonds. The smallest absolute Gasteiger partial charge is 0.317 e. The van der Waals surface area contributed by atoms with Crippen LogP contribution in [0.15, 0.2) is 30.3 Å². The zero-order chi connectivity index (χ0) is 15.2. The van der Waals surface area contributed by atoms with Gasteiger partial charge >= 0.3 is 12.0 Å². The molecule has 0 aromatic heterocycles. The van der Waals surface area contributed by atoms with Crippen molar-refractivity contribution in [2.24, 2.45) is 5.92 Å². The van der Waals surface area contributed by atoms with Crippen molar-refractivity contribution >= 4 is 12.0 Å². The highest BCUT2D eigenvalue weighted by molar-refractivity contribution is 5.75. The van der Waals surface area contributed by atoms with E-state index in [0.717, 1.165) is 19.3 Å². The van der Waals surface area contributed by atoms with Gasteiger partial charge in [-0.25, -0.2) is 4.79 Å². The van der Waals surface area contributed by atoms with Crippen LogP contribution in [0.25, 0.3) is 0 Å². The Morgan fingerprint density at radius 1 is 1.33 bits per heavy atom. The summed E-state index contributed by atoms with van der Waals surface area (Å²) < 4.78 is 0. The number of carboxylic acid groups (broad SMARTS) is 1. The van der Waals surface area contributed by atoms with Crippen molar-refractivity contribution in [3.05, 3.63) is 35.9 Å². The van der Waals surface area contributed by atoms with E-state index >= 15 is 0 Å². The monoisotopic (exact) mass is 290 g/mol. The van der Waals surface area contributed by atoms with Crippen molar-refractivity contribution in [3.8, 4) is 0 Å². The van der Waals surface area contributed by atoms with Crippen LogP contribution in [0.2, 0.25) is 0 Å². The number of hydrogen-bond donors (Lipinski definition) is 2. The lowest BCUT2D eigenvalue weighted by Crippen LogP contribution is -2.45. The lowest BCUT2D eigenvalue weighted by Gasteiger charge is -2.22. The molecule has 0 bridgehead atoms. The Morgan fingerprint density at radius 2 is 2.00 bits per heavy atom. The van der Waals surface area contributed by atoms with Gasteiger partial charge in [0.25, 0.3) is 0 Å². The van der Waals surface area contributed by atoms with E-state index in [-0.39, 0.29) is 18.5 Å². The van der Waals surface area contributed by atoms with Gasteiger partial charge in [-0.1, -0.05) is 30.3 Å². The van der Waals surface area contributed by atoms with Gasteiger partial charge < -0.3 is 15.3 Å². The molecule has 1 saturated carbocycles. The number of nitrogens with one attached hydrogen (secondary N) is 1. The zero-order valence-electron chi connectivity index (χ0n) is 12.3. The number of benzene rings is 1. The van der Waals surface area contributed by atoms with E-state index in [2.05, 4.69) is 5.32 Å². The van der Waals surface area contributed by atoms with E-state index in [4.69, 9.17) is 5.11 Å². The predicted molar refractivity (Wildman–Crippen MR) is 80.1 cm³/mol. The number of nitrogens with zero attached hydrogens (tertiary/aromatic N) is 1. The maximum Gasteiger partial charge on any atom is 0.317 e. The summed E-state index contributed by atoms with van der Waals surface area (Å²) in [5, 5.41) is 11.8. The van der Waals surface area contributed by atoms with Gasteiger partial charge in [-0.3, -0.25) is 4.79 Å². The molecule has 5 nitrogen and oxygen atoms in total. The van der Waals surface area contributed by atoms with Crippen molar-refractivity contribution < 1.29 is 14.7 Å². The number of hydrogen-bond acceptors (Lipinski definition) is 2. The van der Waals surface area contributed by atoms with E-state index in [1.807, 2.05) is 30.3 Å². The maximum atomic E-state index is 12.1. The molecule has 0 heterocycles. The van der Waals surface area contributed by atoms with Crippen LogP contribution in [0.3, 0.4) is 0 Å². The minimum absolute atomic E-state index is 0.00291. The summed E-state index contributed by atoms with van der Waals surface area (Å²) in [6, 6.07) is 9.55. The summed E-state index contributed by atoms with van der Waals surface area (Å²) in [6.07, 6.45) is 2.80. The summed E-state index contributed by atoms with van der Waals surface area (Å²) in [6.45, 7) is 0.611. The predicted octanol–water partition coefficient (Wildman–Crippen LogP) is 2.12. The molecule has 21 heavy (non-hydrogen) atoms. The van der Waals surface area contributed by atoms with Gasteiger partial charge in [0.2, 0.25) is 0 Å². The van der Waals surface area contributed by atoms with Crippen LogP contribution in [-0.4, -0.2) is 41.6 Å². The van der Waals surface area contributed by atoms with Crippen LogP contribution >= 0.6 is 0 Å². The number of rotatable bonds is 7. The molecule has 1 atom stereocenters. The molecule has 1 fully saturated rings. The number of carbonyl (C=O) groups excluding carboxylic acids is 1. The first-order valence-corrected chi connectivity index (χ1v) is 7.33. The molecule has 1 aromatic carbocycles. The van der Waals surface area contributed by atoms with Gasteiger partial charge in [-0.05, 0) is 30.7 Å². The molecule has 0 spiro atoms. The van der Waals surface area contributed by atoms with Gasteiger partial charge in [0.05, 0.1) is 6.42 Å². The van der Waals surface area contributed by atoms with Crippen LogP contribution in [0.4, 0.5) is 4.79 Å². The first-order chi connectivity index (χ1) is 10.1. The summed E-state index contributed by atoms with van der Waals surface area (Å²) in [5.74, 6) is -0.535. The first kappa shape index (κ1) is 15.4. The minimum atomic E-state index is -0.862. The van der Waals surface area contributed by atoms with Gasteiger partial charge in [0.1, 0.15) is 0 Å². The summed E-state index contributed by atoms with van der Waals surface area (Å²) in [4.78, 5) is 24.6. The third-order valence-electron chi connectivity index (χ3n) is 3.82. The first-order valence-electron chi connectivity index (χ1n) is 7.33. The number of carboxylic acids is 1. The van der Waals surface area contributed by atoms with E-state index in [1.54, 1.807) is 11.9 Å². The standard InChI is InChI=1S/C16H22N2O3/c1-18(10-9-12-5-3-2-4-6-12)16(21)17-14(11-15(19)20)13-7-8-13/h2-6,13-14H,7-11H2,1H3,(H,17,21)(H,19,20). The second kappa shape index (κ2) is 7.11. The van der Waals surface area contributed by atoms with Crippen molar-refractivity contribution in [2.75, 3.05) is 13.6 Å². The molecule has 1 unspecified atom stereocenters. The van der Waals surface area contributed by atoms with Gasteiger partial charge in [0.15, 0.2) is 0 Å². The van der Waals surface area contributed by atoms with E-state index < -0.39 is 5.97 Å². The van der Waals surface area contributed by atoms with E-state index in [0.29, 0.717) is 12.5 Å². The molecule has 0 aliphatic heterocycles. The highest BCUT2D eigenvalue weighted by atomic mass is 16.4. The molecule has 0 radical (unpaired) electrons. The number of urea groups is 1. The van der Waals surface area contributed by atoms with Gasteiger partial charge in [-0.2, -0.15) is 0 Å². The number of carbonyl (C=O) groups is 2. The quantitative estimate of drug-likeness (QED) is 0.808. The van der Waals surface area contributed by atoms with E-state index in [1.165, 1.54) is 5.56 Å². The number of amides is 2. The van der Waals surface area contributed by atoms with Crippen molar-refractivity contribution in [2.45, 2.75) is 31.7 Å². The lowest BCUT2D eigenvalue weighted by molar-refractivity contribution is -0.137. The largest absolute Gasteiger partial charge is 0.481 e. The molecule has 1 aromatic rings. The van der Waals surface area contributed by atoms with Crippen LogP contribution < -0.4 is 5.32 Å². The lowest BCUT2D eigenvalue weighted by atomic mass is 10.1. The molecule has 1 aliphatic rings. The SMILES string of the molecule is CN(CCc1ccccc1)C(=O)NC(CC(=O)O)C1CC1. The normalized spacial score (nSPS) is 15.3. The highest BCUT2D eigenvalue weighted by Crippen LogP contribution is 2.34. The molecule has 2 rings (SSSR count). The number of aliphatic carboxylic acids is 1. The zero-order valence-corrected chi connectivity index (χ0v) is 12.3. The van der Waals surface area contributed by atoms with Crippen LogP contribution in [0.1, 0.15) is 24.8 Å². The Morgan fingerprint density at radius 3 is 2.57 bits per heavy atom. The van der Waals surface area contributed by atoms with E-state index in [9.17, 15) is 9.59 Å². The Hall–Kier alpha value is -2.04. The fourth-order valence-corrected chi connectivity index (χ4v) is 2.33. The van der Waals surface area contributed by atoms with Crippen molar-refractivity contribution in [1.82, 2.24) is 10.2 Å². The van der Waals surface area contributed by atoms with Gasteiger partial charge in [-0.15, -0.1) is 0 Å². The van der Waals surface area contributed by atoms with Gasteiger partial charge in [0, 0.05) is 19.6 Å². The summed E-state index contributed by atoms with van der Waals surface area (Å²) in [7, 11) is 1.74. The van der Waals surface area contributed by atoms with Crippen LogP contribution in [0.5, 0.6) is 0 Å². The molecular formula is C16H22N2O3. The molecule has 2 N–H and O–H groups in total. The second-order valence-corrected chi connectivity index (χ2v) is 5.65.